The molecule has 0 fully saturated rings. The maximum atomic E-state index is 12.5. The summed E-state index contributed by atoms with van der Waals surface area (Å²) in [4.78, 5) is 9.90. The zero-order valence-corrected chi connectivity index (χ0v) is 15.5. The van der Waals surface area contributed by atoms with E-state index in [4.69, 9.17) is 25.3 Å². The number of non-ortho nitro benzene ring substituents is 1. The number of benzene rings is 2. The van der Waals surface area contributed by atoms with Gasteiger partial charge in [-0.1, -0.05) is 11.6 Å². The molecule has 0 aliphatic rings. The molecule has 0 amide bonds. The second kappa shape index (κ2) is 8.24. The van der Waals surface area contributed by atoms with Gasteiger partial charge in [0.15, 0.2) is 17.2 Å². The fourth-order valence-corrected chi connectivity index (χ4v) is 3.25. The Morgan fingerprint density at radius 1 is 1.00 bits per heavy atom. The fraction of sp³-hybridized carbons (Fsp3) is 0.250. The van der Waals surface area contributed by atoms with Crippen LogP contribution in [0, 0.1) is 10.1 Å². The van der Waals surface area contributed by atoms with Crippen LogP contribution in [0.4, 0.5) is 5.69 Å². The maximum absolute atomic E-state index is 12.5. The number of rotatable bonds is 8. The number of nitrogens with zero attached hydrogens (tertiary/aromatic N) is 1. The Balaban J connectivity index is 2.35. The summed E-state index contributed by atoms with van der Waals surface area (Å²) < 4.78 is 40.8. The van der Waals surface area contributed by atoms with Crippen molar-refractivity contribution in [1.29, 1.82) is 0 Å². The molecule has 0 bridgehead atoms. The van der Waals surface area contributed by atoms with Gasteiger partial charge < -0.3 is 13.7 Å². The van der Waals surface area contributed by atoms with Gasteiger partial charge in [0, 0.05) is 18.2 Å². The van der Waals surface area contributed by atoms with E-state index in [2.05, 4.69) is 0 Å². The van der Waals surface area contributed by atoms with Gasteiger partial charge in [0.25, 0.3) is 5.69 Å². The Kier molecular flexibility index (Phi) is 6.27. The highest BCUT2D eigenvalue weighted by atomic mass is 35.5. The topological polar surface area (TPSA) is 105 Å². The molecule has 0 saturated carbocycles. The molecule has 0 atom stereocenters. The zero-order chi connectivity index (χ0) is 19.3. The first-order valence-electron chi connectivity index (χ1n) is 7.56. The van der Waals surface area contributed by atoms with E-state index in [0.29, 0.717) is 19.0 Å². The Morgan fingerprint density at radius 3 is 2.19 bits per heavy atom. The van der Waals surface area contributed by atoms with Gasteiger partial charge in [0.1, 0.15) is 4.90 Å². The van der Waals surface area contributed by atoms with E-state index in [9.17, 15) is 18.5 Å². The third kappa shape index (κ3) is 4.55. The van der Waals surface area contributed by atoms with Gasteiger partial charge >= 0.3 is 10.1 Å². The number of hydrogen-bond acceptors (Lipinski definition) is 7. The Labute approximate surface area is 155 Å². The third-order valence-electron chi connectivity index (χ3n) is 3.13. The van der Waals surface area contributed by atoms with Crippen LogP contribution in [0.5, 0.6) is 17.2 Å². The minimum absolute atomic E-state index is 0.168. The number of nitro groups is 1. The highest BCUT2D eigenvalue weighted by Gasteiger charge is 2.22. The van der Waals surface area contributed by atoms with Crippen LogP contribution in [0.2, 0.25) is 5.02 Å². The van der Waals surface area contributed by atoms with E-state index in [-0.39, 0.29) is 27.1 Å². The molecule has 0 radical (unpaired) electrons. The van der Waals surface area contributed by atoms with E-state index in [0.717, 1.165) is 18.2 Å². The molecule has 8 nitrogen and oxygen atoms in total. The van der Waals surface area contributed by atoms with Gasteiger partial charge in [-0.05, 0) is 32.0 Å². The summed E-state index contributed by atoms with van der Waals surface area (Å²) in [6.07, 6.45) is 0. The molecule has 0 aliphatic carbocycles. The van der Waals surface area contributed by atoms with E-state index < -0.39 is 15.0 Å². The van der Waals surface area contributed by atoms with Crippen LogP contribution in [-0.4, -0.2) is 26.6 Å². The SMILES string of the molecule is CCOc1ccc(S(=O)(=O)Oc2ccc([N+](=O)[O-])cc2Cl)cc1OCC. The average Bonchev–Trinajstić information content (AvgIpc) is 2.58. The highest BCUT2D eigenvalue weighted by Crippen LogP contribution is 2.34. The molecule has 0 aromatic heterocycles. The summed E-state index contributed by atoms with van der Waals surface area (Å²) in [7, 11) is -4.23. The smallest absolute Gasteiger partial charge is 0.339 e. The second-order valence-corrected chi connectivity index (χ2v) is 6.84. The number of hydrogen-bond donors (Lipinski definition) is 0. The second-order valence-electron chi connectivity index (χ2n) is 4.88. The summed E-state index contributed by atoms with van der Waals surface area (Å²) in [5.41, 5.74) is -0.278. The minimum Gasteiger partial charge on any atom is -0.490 e. The lowest BCUT2D eigenvalue weighted by molar-refractivity contribution is -0.384. The van der Waals surface area contributed by atoms with Crippen LogP contribution in [0.25, 0.3) is 0 Å². The van der Waals surface area contributed by atoms with Crippen molar-refractivity contribution in [3.05, 3.63) is 51.5 Å². The summed E-state index contributed by atoms with van der Waals surface area (Å²) in [5.74, 6) is 0.444. The number of ether oxygens (including phenoxy) is 2. The summed E-state index contributed by atoms with van der Waals surface area (Å²) in [5, 5.41) is 10.5. The van der Waals surface area contributed by atoms with Crippen molar-refractivity contribution < 1.29 is 27.0 Å². The molecule has 0 saturated heterocycles. The van der Waals surface area contributed by atoms with Crippen molar-refractivity contribution in [2.75, 3.05) is 13.2 Å². The average molecular weight is 402 g/mol. The lowest BCUT2D eigenvalue weighted by Gasteiger charge is -2.13. The van der Waals surface area contributed by atoms with Crippen molar-refractivity contribution in [3.8, 4) is 17.2 Å². The van der Waals surface area contributed by atoms with Crippen LogP contribution in [0.15, 0.2) is 41.3 Å². The van der Waals surface area contributed by atoms with E-state index >= 15 is 0 Å². The van der Waals surface area contributed by atoms with Gasteiger partial charge in [-0.3, -0.25) is 10.1 Å². The van der Waals surface area contributed by atoms with E-state index in [1.807, 2.05) is 0 Å². The summed E-state index contributed by atoms with van der Waals surface area (Å²) in [6, 6.07) is 7.28. The molecule has 140 valence electrons. The van der Waals surface area contributed by atoms with Gasteiger partial charge in [0.05, 0.1) is 23.2 Å². The van der Waals surface area contributed by atoms with Crippen molar-refractivity contribution in [1.82, 2.24) is 0 Å². The molecule has 2 aromatic rings. The molecular formula is C16H16ClNO7S. The first kappa shape index (κ1) is 19.8. The number of nitro benzene ring substituents is 1. The van der Waals surface area contributed by atoms with Crippen LogP contribution < -0.4 is 13.7 Å². The van der Waals surface area contributed by atoms with Crippen LogP contribution in [0.3, 0.4) is 0 Å². The molecule has 0 heterocycles. The summed E-state index contributed by atoms with van der Waals surface area (Å²) in [6.45, 7) is 4.25. The molecule has 0 unspecified atom stereocenters. The van der Waals surface area contributed by atoms with Crippen LogP contribution >= 0.6 is 11.6 Å². The lowest BCUT2D eigenvalue weighted by atomic mass is 10.3. The standard InChI is InChI=1S/C16H16ClNO7S/c1-3-23-15-8-6-12(10-16(15)24-4-2)26(21,22)25-14-7-5-11(18(19)20)9-13(14)17/h5-10H,3-4H2,1-2H3. The monoisotopic (exact) mass is 401 g/mol. The molecule has 2 aromatic carbocycles. The van der Waals surface area contributed by atoms with Gasteiger partial charge in [-0.25, -0.2) is 0 Å². The van der Waals surface area contributed by atoms with Gasteiger partial charge in [-0.2, -0.15) is 8.42 Å². The van der Waals surface area contributed by atoms with Crippen LogP contribution in [0.1, 0.15) is 13.8 Å². The molecule has 0 aliphatic heterocycles. The molecule has 0 spiro atoms. The minimum atomic E-state index is -4.23. The quantitative estimate of drug-likeness (QED) is 0.376. The molecule has 0 N–H and O–H groups in total. The Morgan fingerprint density at radius 2 is 1.62 bits per heavy atom. The van der Waals surface area contributed by atoms with Crippen molar-refractivity contribution in [2.24, 2.45) is 0 Å². The normalized spacial score (nSPS) is 11.0. The van der Waals surface area contributed by atoms with E-state index in [1.54, 1.807) is 13.8 Å². The van der Waals surface area contributed by atoms with Gasteiger partial charge in [-0.15, -0.1) is 0 Å². The molecule has 26 heavy (non-hydrogen) atoms. The van der Waals surface area contributed by atoms with Crippen LogP contribution in [-0.2, 0) is 10.1 Å². The first-order valence-corrected chi connectivity index (χ1v) is 9.35. The molecular weight excluding hydrogens is 386 g/mol. The van der Waals surface area contributed by atoms with Gasteiger partial charge in [0.2, 0.25) is 0 Å². The molecule has 10 heteroatoms. The lowest BCUT2D eigenvalue weighted by Crippen LogP contribution is -2.11. The summed E-state index contributed by atoms with van der Waals surface area (Å²) >= 11 is 5.88. The highest BCUT2D eigenvalue weighted by molar-refractivity contribution is 7.87. The third-order valence-corrected chi connectivity index (χ3v) is 4.65. The van der Waals surface area contributed by atoms with Crippen molar-refractivity contribution >= 4 is 27.4 Å². The molecule has 2 rings (SSSR count). The zero-order valence-electron chi connectivity index (χ0n) is 14.0. The predicted molar refractivity (Wildman–Crippen MR) is 94.7 cm³/mol. The Hall–Kier alpha value is -2.52. The first-order chi connectivity index (χ1) is 12.3. The predicted octanol–water partition coefficient (Wildman–Crippen LogP) is 3.81. The maximum Gasteiger partial charge on any atom is 0.339 e. The van der Waals surface area contributed by atoms with Crippen molar-refractivity contribution in [2.45, 2.75) is 18.7 Å². The van der Waals surface area contributed by atoms with Crippen molar-refractivity contribution in [3.63, 3.8) is 0 Å². The van der Waals surface area contributed by atoms with E-state index in [1.165, 1.54) is 18.2 Å². The fourth-order valence-electron chi connectivity index (χ4n) is 2.02. The Bertz CT molecular complexity index is 915. The largest absolute Gasteiger partial charge is 0.490 e. The number of halogens is 1.